The van der Waals surface area contributed by atoms with Gasteiger partial charge in [0.25, 0.3) is 0 Å². The molecule has 3 heteroatoms. The zero-order chi connectivity index (χ0) is 23.2. The maximum Gasteiger partial charge on any atom is -1.00 e. The van der Waals surface area contributed by atoms with Gasteiger partial charge in [-0.1, -0.05) is 0 Å². The number of aryl methyl sites for hydroxylation is 4. The van der Waals surface area contributed by atoms with Gasteiger partial charge in [0, 0.05) is 0 Å². The third-order valence-electron chi connectivity index (χ3n) is 6.68. The molecule has 0 amide bonds. The standard InChI is InChI=1S/C24H25.C7H9.2ClH.Zr/c1-15-7-9-21(18(4)11-15)24(23-14-17(3)13-20(23)6)22-10-8-16(2)12-19(22)5;1-6-3-4-7(2)5-6;;;/h7-13H,1-6H3;3,5,7H,1-2H3;2*1H;/q;;;;+2/p-2. The van der Waals surface area contributed by atoms with Gasteiger partial charge in [-0.25, -0.2) is 0 Å². The average Bonchev–Trinajstić information content (AvgIpc) is 3.16. The number of hydrogen-bond acceptors (Lipinski definition) is 0. The van der Waals surface area contributed by atoms with Crippen LogP contribution in [0.2, 0.25) is 0 Å². The summed E-state index contributed by atoms with van der Waals surface area (Å²) in [5.41, 5.74) is 15.4. The summed E-state index contributed by atoms with van der Waals surface area (Å²) >= 11 is -0.908. The van der Waals surface area contributed by atoms with Crippen LogP contribution in [-0.4, -0.2) is 0 Å². The van der Waals surface area contributed by atoms with Crippen molar-refractivity contribution in [3.05, 3.63) is 117 Å². The van der Waals surface area contributed by atoms with E-state index in [4.69, 9.17) is 0 Å². The first-order chi connectivity index (χ1) is 15.2. The van der Waals surface area contributed by atoms with Gasteiger partial charge in [0.15, 0.2) is 0 Å². The van der Waals surface area contributed by atoms with Crippen molar-refractivity contribution in [2.45, 2.75) is 55.4 Å². The Morgan fingerprint density at radius 3 is 1.71 bits per heavy atom. The van der Waals surface area contributed by atoms with E-state index in [1.165, 1.54) is 61.2 Å². The Morgan fingerprint density at radius 2 is 1.26 bits per heavy atom. The minimum Gasteiger partial charge on any atom is -1.00 e. The maximum absolute atomic E-state index is 2.47. The van der Waals surface area contributed by atoms with Gasteiger partial charge in [0.05, 0.1) is 0 Å². The summed E-state index contributed by atoms with van der Waals surface area (Å²) in [7, 11) is 0. The molecular weight excluding hydrogens is 534 g/mol. The molecule has 0 bridgehead atoms. The summed E-state index contributed by atoms with van der Waals surface area (Å²) < 4.78 is 3.35. The zero-order valence-electron chi connectivity index (χ0n) is 21.5. The second kappa shape index (κ2) is 11.6. The van der Waals surface area contributed by atoms with E-state index in [2.05, 4.69) is 110 Å². The predicted octanol–water partition coefficient (Wildman–Crippen LogP) is 2.53. The van der Waals surface area contributed by atoms with E-state index in [0.717, 1.165) is 0 Å². The molecule has 0 aromatic heterocycles. The smallest absolute Gasteiger partial charge is 1.00 e. The van der Waals surface area contributed by atoms with Crippen molar-refractivity contribution >= 4 is 5.57 Å². The van der Waals surface area contributed by atoms with Crippen molar-refractivity contribution < 1.29 is 48.0 Å². The van der Waals surface area contributed by atoms with E-state index in [0.29, 0.717) is 5.92 Å². The fraction of sp³-hybridized carbons (Fsp3) is 0.290. The Kier molecular flexibility index (Phi) is 9.80. The first-order valence-electron chi connectivity index (χ1n) is 11.6. The fourth-order valence-electron chi connectivity index (χ4n) is 5.15. The molecule has 2 aromatic rings. The van der Waals surface area contributed by atoms with Gasteiger partial charge in [0.1, 0.15) is 0 Å². The van der Waals surface area contributed by atoms with E-state index >= 15 is 0 Å². The molecule has 176 valence electrons. The molecule has 34 heavy (non-hydrogen) atoms. The van der Waals surface area contributed by atoms with Gasteiger partial charge < -0.3 is 24.8 Å². The van der Waals surface area contributed by atoms with Crippen molar-refractivity contribution in [3.8, 4) is 0 Å². The molecule has 0 aliphatic heterocycles. The van der Waals surface area contributed by atoms with Gasteiger partial charge in [-0.3, -0.25) is 0 Å². The molecule has 1 unspecified atom stereocenters. The molecule has 0 radical (unpaired) electrons. The Labute approximate surface area is 230 Å². The molecule has 0 fully saturated rings. The summed E-state index contributed by atoms with van der Waals surface area (Å²) in [5, 5.41) is 0. The summed E-state index contributed by atoms with van der Waals surface area (Å²) in [6, 6.07) is 13.9. The van der Waals surface area contributed by atoms with Gasteiger partial charge in [-0.05, 0) is 0 Å². The average molecular weight is 569 g/mol. The van der Waals surface area contributed by atoms with Crippen molar-refractivity contribution in [2.24, 2.45) is 5.92 Å². The van der Waals surface area contributed by atoms with Crippen LogP contribution in [0.25, 0.3) is 5.57 Å². The summed E-state index contributed by atoms with van der Waals surface area (Å²) in [6.45, 7) is 18.2. The second-order valence-electron chi connectivity index (χ2n) is 9.70. The first kappa shape index (κ1) is 28.8. The van der Waals surface area contributed by atoms with Crippen molar-refractivity contribution in [1.29, 1.82) is 0 Å². The molecule has 2 aliphatic carbocycles. The molecular formula is C31H34Cl2Zr. The van der Waals surface area contributed by atoms with Gasteiger partial charge >= 0.3 is 207 Å². The van der Waals surface area contributed by atoms with Crippen LogP contribution in [0, 0.1) is 33.6 Å². The number of halogens is 2. The minimum atomic E-state index is -0.908. The first-order valence-corrected chi connectivity index (χ1v) is 14.1. The maximum atomic E-state index is 2.47. The third-order valence-corrected chi connectivity index (χ3v) is 11.1. The van der Waals surface area contributed by atoms with Crippen LogP contribution < -0.4 is 24.8 Å². The van der Waals surface area contributed by atoms with Crippen molar-refractivity contribution in [2.75, 3.05) is 0 Å². The van der Waals surface area contributed by atoms with Crippen LogP contribution in [0.5, 0.6) is 0 Å². The summed E-state index contributed by atoms with van der Waals surface area (Å²) in [4.78, 5) is 0. The van der Waals surface area contributed by atoms with Crippen LogP contribution in [0.1, 0.15) is 61.1 Å². The van der Waals surface area contributed by atoms with Gasteiger partial charge in [0.2, 0.25) is 0 Å². The zero-order valence-corrected chi connectivity index (χ0v) is 25.5. The van der Waals surface area contributed by atoms with Crippen LogP contribution in [-0.2, 0) is 23.2 Å². The molecule has 0 saturated carbocycles. The number of allylic oxidation sites excluding steroid dienone is 9. The molecule has 0 N–H and O–H groups in total. The quantitative estimate of drug-likeness (QED) is 0.532. The Balaban J connectivity index is 0.00000204. The largest absolute Gasteiger partial charge is 1.00 e. The SMILES string of the molecule is CC1=CC(C)[C]([Zr+2][C]2=C(C)C=C(C)C2=C(c2ccc(C)cc2C)c2ccc(C)cc2C)=C1.[Cl-].[Cl-]. The minimum absolute atomic E-state index is 0. The molecule has 0 saturated heterocycles. The normalized spacial score (nSPS) is 16.9. The van der Waals surface area contributed by atoms with E-state index in [-0.39, 0.29) is 24.8 Å². The number of hydrogen-bond donors (Lipinski definition) is 0. The molecule has 0 spiro atoms. The fourth-order valence-corrected chi connectivity index (χ4v) is 9.12. The van der Waals surface area contributed by atoms with E-state index < -0.39 is 23.2 Å². The predicted molar refractivity (Wildman–Crippen MR) is 135 cm³/mol. The molecule has 4 rings (SSSR count). The van der Waals surface area contributed by atoms with Crippen LogP contribution >= 0.6 is 0 Å². The van der Waals surface area contributed by atoms with Crippen LogP contribution in [0.4, 0.5) is 0 Å². The van der Waals surface area contributed by atoms with Crippen LogP contribution in [0.3, 0.4) is 0 Å². The molecule has 2 aliphatic rings. The van der Waals surface area contributed by atoms with Crippen molar-refractivity contribution in [1.82, 2.24) is 0 Å². The van der Waals surface area contributed by atoms with E-state index in [1.54, 1.807) is 6.56 Å². The number of benzene rings is 2. The van der Waals surface area contributed by atoms with Gasteiger partial charge in [-0.15, -0.1) is 0 Å². The molecule has 1 atom stereocenters. The van der Waals surface area contributed by atoms with Crippen LogP contribution in [0.15, 0.2) is 83.5 Å². The van der Waals surface area contributed by atoms with E-state index in [1.807, 2.05) is 0 Å². The Hall–Kier alpha value is -1.40. The van der Waals surface area contributed by atoms with Gasteiger partial charge in [-0.2, -0.15) is 0 Å². The molecule has 0 heterocycles. The second-order valence-corrected chi connectivity index (χ2v) is 13.0. The summed E-state index contributed by atoms with van der Waals surface area (Å²) in [5.74, 6) is 0.592. The third kappa shape index (κ3) is 5.70. The summed E-state index contributed by atoms with van der Waals surface area (Å²) in [6.07, 6.45) is 7.33. The monoisotopic (exact) mass is 566 g/mol. The van der Waals surface area contributed by atoms with E-state index in [9.17, 15) is 0 Å². The van der Waals surface area contributed by atoms with Crippen molar-refractivity contribution in [3.63, 3.8) is 0 Å². The molecule has 0 nitrogen and oxygen atoms in total. The number of rotatable bonds is 4. The molecule has 2 aromatic carbocycles. The Morgan fingerprint density at radius 1 is 0.735 bits per heavy atom. The topological polar surface area (TPSA) is 0 Å². The Bertz CT molecular complexity index is 1210.